The number of para-hydroxylation sites is 1. The van der Waals surface area contributed by atoms with Gasteiger partial charge in [-0.15, -0.1) is 0 Å². The lowest BCUT2D eigenvalue weighted by molar-refractivity contribution is 0.444. The smallest absolute Gasteiger partial charge is 0.0540 e. The summed E-state index contributed by atoms with van der Waals surface area (Å²) in [5.41, 5.74) is 18.1. The van der Waals surface area contributed by atoms with E-state index in [1.165, 1.54) is 110 Å². The van der Waals surface area contributed by atoms with Crippen LogP contribution in [0, 0.1) is 0 Å². The first-order valence-corrected chi connectivity index (χ1v) is 20.5. The fourth-order valence-corrected chi connectivity index (χ4v) is 9.87. The van der Waals surface area contributed by atoms with Crippen LogP contribution < -0.4 is 4.90 Å². The van der Waals surface area contributed by atoms with Gasteiger partial charge in [0, 0.05) is 22.4 Å². The Morgan fingerprint density at radius 3 is 1.88 bits per heavy atom. The first-order chi connectivity index (χ1) is 27.6. The highest BCUT2D eigenvalue weighted by atomic mass is 15.1. The summed E-state index contributed by atoms with van der Waals surface area (Å²) in [7, 11) is 0. The maximum atomic E-state index is 2.49. The molecule has 8 aromatic carbocycles. The van der Waals surface area contributed by atoms with Crippen LogP contribution in [0.3, 0.4) is 0 Å². The molecule has 1 fully saturated rings. The normalized spacial score (nSPS) is 14.7. The van der Waals surface area contributed by atoms with E-state index in [0.717, 1.165) is 5.69 Å². The average Bonchev–Trinajstić information content (AvgIpc) is 3.50. The number of hydrogen-bond donors (Lipinski definition) is 0. The Kier molecular flexibility index (Phi) is 8.67. The highest BCUT2D eigenvalue weighted by Crippen LogP contribution is 2.54. The van der Waals surface area contributed by atoms with Crippen LogP contribution in [0.25, 0.3) is 55.3 Å². The molecule has 0 N–H and O–H groups in total. The van der Waals surface area contributed by atoms with Crippen LogP contribution in [-0.2, 0) is 5.41 Å². The first-order valence-electron chi connectivity index (χ1n) is 20.5. The average molecular weight is 722 g/mol. The summed E-state index contributed by atoms with van der Waals surface area (Å²) in [6.45, 7) is 4.86. The van der Waals surface area contributed by atoms with Crippen molar-refractivity contribution in [3.05, 3.63) is 199 Å². The van der Waals surface area contributed by atoms with Gasteiger partial charge in [-0.3, -0.25) is 0 Å². The molecule has 56 heavy (non-hydrogen) atoms. The van der Waals surface area contributed by atoms with Gasteiger partial charge in [0.1, 0.15) is 0 Å². The fourth-order valence-electron chi connectivity index (χ4n) is 9.87. The van der Waals surface area contributed by atoms with Crippen LogP contribution in [-0.4, -0.2) is 0 Å². The van der Waals surface area contributed by atoms with Crippen LogP contribution in [0.5, 0.6) is 0 Å². The predicted molar refractivity (Wildman–Crippen MR) is 238 cm³/mol. The highest BCUT2D eigenvalue weighted by Gasteiger charge is 2.38. The van der Waals surface area contributed by atoms with E-state index in [4.69, 9.17) is 0 Å². The molecule has 0 atom stereocenters. The molecule has 0 aromatic heterocycles. The predicted octanol–water partition coefficient (Wildman–Crippen LogP) is 15.7. The summed E-state index contributed by atoms with van der Waals surface area (Å²) < 4.78 is 0. The maximum absolute atomic E-state index is 2.49. The van der Waals surface area contributed by atoms with E-state index in [0.29, 0.717) is 5.92 Å². The lowest BCUT2D eigenvalue weighted by Gasteiger charge is -2.30. The van der Waals surface area contributed by atoms with Crippen LogP contribution in [0.2, 0.25) is 0 Å². The Morgan fingerprint density at radius 1 is 0.446 bits per heavy atom. The minimum Gasteiger partial charge on any atom is -0.310 e. The highest BCUT2D eigenvalue weighted by molar-refractivity contribution is 6.04. The molecular weight excluding hydrogens is 675 g/mol. The molecule has 0 unspecified atom stereocenters. The SMILES string of the molecule is CC1(C)c2cc(N(c3ccc(-c4ccc5ccccc5c4-c4ccccc4)cc3)c3ccccc3-c3ccccc3)ccc2-c2c(C3CCCCC3)cccc21. The molecule has 0 aliphatic heterocycles. The first kappa shape index (κ1) is 34.3. The molecule has 10 rings (SSSR count). The Bertz CT molecular complexity index is 2680. The zero-order chi connectivity index (χ0) is 37.6. The molecular formula is C55H47N. The van der Waals surface area contributed by atoms with Crippen LogP contribution >= 0.6 is 0 Å². The molecule has 0 saturated heterocycles. The van der Waals surface area contributed by atoms with E-state index in [9.17, 15) is 0 Å². The summed E-state index contributed by atoms with van der Waals surface area (Å²) in [5, 5.41) is 2.52. The topological polar surface area (TPSA) is 3.24 Å². The lowest BCUT2D eigenvalue weighted by atomic mass is 9.78. The van der Waals surface area contributed by atoms with Crippen LogP contribution in [0.1, 0.15) is 68.6 Å². The van der Waals surface area contributed by atoms with Gasteiger partial charge in [0.2, 0.25) is 0 Å². The van der Waals surface area contributed by atoms with Gasteiger partial charge in [-0.25, -0.2) is 0 Å². The minimum absolute atomic E-state index is 0.107. The van der Waals surface area contributed by atoms with Crippen molar-refractivity contribution in [3.8, 4) is 44.5 Å². The number of hydrogen-bond acceptors (Lipinski definition) is 1. The van der Waals surface area contributed by atoms with Gasteiger partial charge < -0.3 is 4.90 Å². The summed E-state index contributed by atoms with van der Waals surface area (Å²) in [6, 6.07) is 67.5. The molecule has 0 bridgehead atoms. The summed E-state index contributed by atoms with van der Waals surface area (Å²) >= 11 is 0. The molecule has 1 saturated carbocycles. The van der Waals surface area contributed by atoms with Crippen molar-refractivity contribution in [1.29, 1.82) is 0 Å². The molecule has 0 amide bonds. The molecule has 1 heteroatoms. The standard InChI is InChI=1S/C55H47N/c1-55(2)50-27-16-26-47(39-19-8-4-9-20-39)54(50)49-36-34-44(37-51(49)55)56(52-28-15-14-24-45(52)38-17-6-3-7-18-38)43-32-29-41(30-33-43)48-35-31-40-21-12-13-25-46(40)53(48)42-22-10-5-11-23-42/h3,5-7,10-18,21-37,39H,4,8-9,19-20H2,1-2H3. The Labute approximate surface area is 331 Å². The van der Waals surface area contributed by atoms with Gasteiger partial charge in [-0.05, 0) is 115 Å². The Morgan fingerprint density at radius 2 is 1.09 bits per heavy atom. The van der Waals surface area contributed by atoms with Crippen molar-refractivity contribution in [1.82, 2.24) is 0 Å². The molecule has 2 aliphatic carbocycles. The molecule has 272 valence electrons. The van der Waals surface area contributed by atoms with E-state index in [-0.39, 0.29) is 5.41 Å². The minimum atomic E-state index is -0.107. The van der Waals surface area contributed by atoms with Gasteiger partial charge in [-0.1, -0.05) is 185 Å². The fraction of sp³-hybridized carbons (Fsp3) is 0.164. The van der Waals surface area contributed by atoms with E-state index in [2.05, 4.69) is 201 Å². The second-order valence-electron chi connectivity index (χ2n) is 16.3. The summed E-state index contributed by atoms with van der Waals surface area (Å²) in [5.74, 6) is 0.651. The molecule has 1 nitrogen and oxygen atoms in total. The van der Waals surface area contributed by atoms with Crippen molar-refractivity contribution in [2.75, 3.05) is 4.90 Å². The maximum Gasteiger partial charge on any atom is 0.0540 e. The third-order valence-corrected chi connectivity index (χ3v) is 12.7. The second kappa shape index (κ2) is 14.2. The van der Waals surface area contributed by atoms with E-state index >= 15 is 0 Å². The van der Waals surface area contributed by atoms with Crippen molar-refractivity contribution < 1.29 is 0 Å². The van der Waals surface area contributed by atoms with Crippen LogP contribution in [0.15, 0.2) is 182 Å². The molecule has 0 spiro atoms. The van der Waals surface area contributed by atoms with Gasteiger partial charge >= 0.3 is 0 Å². The number of fused-ring (bicyclic) bond motifs is 4. The van der Waals surface area contributed by atoms with Crippen molar-refractivity contribution in [2.24, 2.45) is 0 Å². The summed E-state index contributed by atoms with van der Waals surface area (Å²) in [6.07, 6.45) is 6.65. The monoisotopic (exact) mass is 721 g/mol. The number of nitrogens with zero attached hydrogens (tertiary/aromatic N) is 1. The molecule has 2 aliphatic rings. The number of anilines is 3. The molecule has 0 radical (unpaired) electrons. The van der Waals surface area contributed by atoms with Crippen molar-refractivity contribution >= 4 is 27.8 Å². The van der Waals surface area contributed by atoms with Crippen molar-refractivity contribution in [3.63, 3.8) is 0 Å². The largest absolute Gasteiger partial charge is 0.310 e. The third-order valence-electron chi connectivity index (χ3n) is 12.7. The Balaban J connectivity index is 1.13. The third kappa shape index (κ3) is 5.85. The molecule has 0 heterocycles. The van der Waals surface area contributed by atoms with E-state index in [1.807, 2.05) is 0 Å². The number of rotatable bonds is 7. The zero-order valence-corrected chi connectivity index (χ0v) is 32.4. The van der Waals surface area contributed by atoms with Gasteiger partial charge in [0.25, 0.3) is 0 Å². The van der Waals surface area contributed by atoms with Crippen molar-refractivity contribution in [2.45, 2.75) is 57.3 Å². The summed E-state index contributed by atoms with van der Waals surface area (Å²) in [4.78, 5) is 2.48. The molecule has 8 aromatic rings. The van der Waals surface area contributed by atoms with Gasteiger partial charge in [0.15, 0.2) is 0 Å². The second-order valence-corrected chi connectivity index (χ2v) is 16.3. The number of benzene rings is 8. The van der Waals surface area contributed by atoms with Crippen LogP contribution in [0.4, 0.5) is 17.1 Å². The zero-order valence-electron chi connectivity index (χ0n) is 32.4. The Hall–Kier alpha value is -6.18. The van der Waals surface area contributed by atoms with Gasteiger partial charge in [0.05, 0.1) is 5.69 Å². The van der Waals surface area contributed by atoms with E-state index in [1.54, 1.807) is 5.56 Å². The van der Waals surface area contributed by atoms with E-state index < -0.39 is 0 Å². The van der Waals surface area contributed by atoms with Gasteiger partial charge in [-0.2, -0.15) is 0 Å². The quantitative estimate of drug-likeness (QED) is 0.158. The lowest BCUT2D eigenvalue weighted by Crippen LogP contribution is -2.17.